The Bertz CT molecular complexity index is 1420. The van der Waals surface area contributed by atoms with Gasteiger partial charge in [0.2, 0.25) is 0 Å². The van der Waals surface area contributed by atoms with E-state index < -0.39 is 0 Å². The molecule has 0 spiro atoms. The van der Waals surface area contributed by atoms with E-state index in [0.717, 1.165) is 42.6 Å². The fourth-order valence-corrected chi connectivity index (χ4v) is 6.11. The maximum absolute atomic E-state index is 13.6. The van der Waals surface area contributed by atoms with Crippen LogP contribution >= 0.6 is 0 Å². The van der Waals surface area contributed by atoms with E-state index in [-0.39, 0.29) is 11.6 Å². The molecule has 1 aliphatic heterocycles. The Kier molecular flexibility index (Phi) is 7.20. The number of hydrogen-bond acceptors (Lipinski definition) is 7. The second-order valence-corrected chi connectivity index (χ2v) is 10.5. The predicted octanol–water partition coefficient (Wildman–Crippen LogP) is 3.61. The zero-order chi connectivity index (χ0) is 25.9. The Morgan fingerprint density at radius 3 is 2.55 bits per heavy atom. The molecule has 9 nitrogen and oxygen atoms in total. The molecule has 1 aliphatic carbocycles. The number of piperazine rings is 1. The quantitative estimate of drug-likeness (QED) is 0.404. The average molecular weight is 514 g/mol. The van der Waals surface area contributed by atoms with Gasteiger partial charge in [0, 0.05) is 43.9 Å². The average Bonchev–Trinajstić information content (AvgIpc) is 3.42. The summed E-state index contributed by atoms with van der Waals surface area (Å²) >= 11 is 0. The van der Waals surface area contributed by atoms with E-state index in [9.17, 15) is 4.79 Å². The molecule has 3 heterocycles. The van der Waals surface area contributed by atoms with Crippen LogP contribution in [0.5, 0.6) is 5.75 Å². The number of nitrogens with one attached hydrogen (secondary N) is 1. The van der Waals surface area contributed by atoms with Gasteiger partial charge in [-0.05, 0) is 52.4 Å². The van der Waals surface area contributed by atoms with Gasteiger partial charge in [0.05, 0.1) is 19.2 Å². The van der Waals surface area contributed by atoms with Crippen molar-refractivity contribution in [3.8, 4) is 5.75 Å². The second-order valence-electron chi connectivity index (χ2n) is 10.5. The minimum atomic E-state index is -0.350. The Morgan fingerprint density at radius 1 is 1.00 bits per heavy atom. The number of fused-ring (bicyclic) bond motifs is 1. The number of aromatic amines is 1. The van der Waals surface area contributed by atoms with E-state index in [1.807, 2.05) is 47.1 Å². The molecular weight excluding hydrogens is 478 g/mol. The second kappa shape index (κ2) is 11.0. The summed E-state index contributed by atoms with van der Waals surface area (Å²) in [6, 6.07) is 18.3. The van der Waals surface area contributed by atoms with Crippen LogP contribution < -0.4 is 10.3 Å². The van der Waals surface area contributed by atoms with E-state index in [4.69, 9.17) is 4.74 Å². The first kappa shape index (κ1) is 24.8. The van der Waals surface area contributed by atoms with E-state index in [1.165, 1.54) is 32.1 Å². The van der Waals surface area contributed by atoms with Crippen molar-refractivity contribution in [3.05, 3.63) is 81.9 Å². The van der Waals surface area contributed by atoms with Crippen molar-refractivity contribution in [3.63, 3.8) is 0 Å². The van der Waals surface area contributed by atoms with Gasteiger partial charge in [-0.2, -0.15) is 0 Å². The van der Waals surface area contributed by atoms with Gasteiger partial charge in [0.15, 0.2) is 5.82 Å². The highest BCUT2D eigenvalue weighted by Gasteiger charge is 2.34. The lowest BCUT2D eigenvalue weighted by molar-refractivity contribution is 0.0618. The molecule has 1 N–H and O–H groups in total. The molecule has 1 saturated heterocycles. The molecule has 198 valence electrons. The number of aromatic nitrogens is 5. The Balaban J connectivity index is 1.36. The molecule has 4 aromatic rings. The molecule has 1 atom stereocenters. The van der Waals surface area contributed by atoms with Crippen molar-refractivity contribution in [2.75, 3.05) is 33.3 Å². The number of ether oxygens (including phenoxy) is 1. The molecule has 0 amide bonds. The predicted molar refractivity (Wildman–Crippen MR) is 146 cm³/mol. The van der Waals surface area contributed by atoms with Crippen LogP contribution in [0.25, 0.3) is 10.9 Å². The summed E-state index contributed by atoms with van der Waals surface area (Å²) in [5.74, 6) is 1.40. The topological polar surface area (TPSA) is 92.2 Å². The van der Waals surface area contributed by atoms with Gasteiger partial charge in [-0.25, -0.2) is 4.68 Å². The number of H-pyrrole nitrogens is 1. The summed E-state index contributed by atoms with van der Waals surface area (Å²) in [5, 5.41) is 13.9. The molecule has 0 bridgehead atoms. The summed E-state index contributed by atoms with van der Waals surface area (Å²) in [4.78, 5) is 21.7. The smallest absolute Gasteiger partial charge is 0.253 e. The molecule has 6 rings (SSSR count). The van der Waals surface area contributed by atoms with Crippen LogP contribution in [-0.4, -0.2) is 74.3 Å². The van der Waals surface area contributed by atoms with E-state index >= 15 is 0 Å². The Labute approximate surface area is 222 Å². The minimum Gasteiger partial charge on any atom is -0.497 e. The summed E-state index contributed by atoms with van der Waals surface area (Å²) < 4.78 is 7.20. The first-order valence-electron chi connectivity index (χ1n) is 13.7. The lowest BCUT2D eigenvalue weighted by Gasteiger charge is -2.42. The molecule has 2 aromatic heterocycles. The molecule has 1 unspecified atom stereocenters. The van der Waals surface area contributed by atoms with Gasteiger partial charge < -0.3 is 9.72 Å². The molecule has 2 aliphatic rings. The lowest BCUT2D eigenvalue weighted by atomic mass is 9.93. The number of methoxy groups -OCH3 is 1. The zero-order valence-corrected chi connectivity index (χ0v) is 21.9. The van der Waals surface area contributed by atoms with E-state index in [2.05, 4.69) is 42.4 Å². The fourth-order valence-electron chi connectivity index (χ4n) is 6.11. The van der Waals surface area contributed by atoms with Crippen molar-refractivity contribution < 1.29 is 4.74 Å². The molecule has 1 saturated carbocycles. The van der Waals surface area contributed by atoms with Gasteiger partial charge in [-0.3, -0.25) is 14.6 Å². The molecular formula is C29H35N7O2. The molecule has 2 aromatic carbocycles. The van der Waals surface area contributed by atoms with Crippen LogP contribution in [0, 0.1) is 0 Å². The van der Waals surface area contributed by atoms with Crippen molar-refractivity contribution in [1.82, 2.24) is 35.0 Å². The number of pyridine rings is 1. The number of benzene rings is 2. The molecule has 38 heavy (non-hydrogen) atoms. The van der Waals surface area contributed by atoms with Gasteiger partial charge in [0.25, 0.3) is 5.56 Å². The van der Waals surface area contributed by atoms with Crippen molar-refractivity contribution >= 4 is 10.9 Å². The summed E-state index contributed by atoms with van der Waals surface area (Å²) in [5.41, 5.74) is 2.40. The van der Waals surface area contributed by atoms with Crippen LogP contribution in [0.2, 0.25) is 0 Å². The third-order valence-electron chi connectivity index (χ3n) is 8.16. The summed E-state index contributed by atoms with van der Waals surface area (Å²) in [6.45, 7) is 4.25. The highest BCUT2D eigenvalue weighted by atomic mass is 16.5. The Morgan fingerprint density at radius 2 is 1.79 bits per heavy atom. The number of tetrazole rings is 1. The van der Waals surface area contributed by atoms with Crippen LogP contribution in [0.4, 0.5) is 0 Å². The number of hydrogen-bond donors (Lipinski definition) is 1. The van der Waals surface area contributed by atoms with Crippen LogP contribution in [0.15, 0.2) is 59.4 Å². The minimum absolute atomic E-state index is 0.125. The maximum Gasteiger partial charge on any atom is 0.253 e. The largest absolute Gasteiger partial charge is 0.497 e. The zero-order valence-electron chi connectivity index (χ0n) is 21.9. The standard InChI is InChI=1S/C29H35N7O2/c1-38-24-13-12-22-18-25(29(37)30-26(22)19-24)27(28-31-32-33-36(28)20-21-8-4-2-5-9-21)35-16-14-34(15-17-35)23-10-6-3-7-11-23/h2,4-5,8-9,12-13,18-19,23,27H,3,6-7,10-11,14-17,20H2,1H3,(H,30,37). The van der Waals surface area contributed by atoms with Crippen molar-refractivity contribution in [2.24, 2.45) is 0 Å². The van der Waals surface area contributed by atoms with Gasteiger partial charge in [-0.15, -0.1) is 5.10 Å². The van der Waals surface area contributed by atoms with E-state index in [0.29, 0.717) is 29.7 Å². The highest BCUT2D eigenvalue weighted by molar-refractivity contribution is 5.80. The molecule has 9 heteroatoms. The SMILES string of the molecule is COc1ccc2cc(C(c3nnnn3Cc3ccccc3)N3CCN(C4CCCCC4)CC3)c(=O)[nH]c2c1. The van der Waals surface area contributed by atoms with Crippen LogP contribution in [0.3, 0.4) is 0 Å². The Hall–Kier alpha value is -3.56. The highest BCUT2D eigenvalue weighted by Crippen LogP contribution is 2.30. The normalized spacial score (nSPS) is 18.6. The van der Waals surface area contributed by atoms with Gasteiger partial charge >= 0.3 is 0 Å². The summed E-state index contributed by atoms with van der Waals surface area (Å²) in [6.07, 6.45) is 6.62. The van der Waals surface area contributed by atoms with Gasteiger partial charge in [-0.1, -0.05) is 49.6 Å². The first-order valence-corrected chi connectivity index (χ1v) is 13.7. The number of nitrogens with zero attached hydrogens (tertiary/aromatic N) is 6. The number of rotatable bonds is 7. The van der Waals surface area contributed by atoms with Gasteiger partial charge in [0.1, 0.15) is 11.8 Å². The third kappa shape index (κ3) is 5.08. The molecule has 2 fully saturated rings. The lowest BCUT2D eigenvalue weighted by Crippen LogP contribution is -2.52. The van der Waals surface area contributed by atoms with Crippen molar-refractivity contribution in [2.45, 2.75) is 50.7 Å². The first-order chi connectivity index (χ1) is 18.7. The molecule has 0 radical (unpaired) electrons. The summed E-state index contributed by atoms with van der Waals surface area (Å²) in [7, 11) is 1.63. The fraction of sp³-hybridized carbons (Fsp3) is 0.448. The third-order valence-corrected chi connectivity index (χ3v) is 8.16. The van der Waals surface area contributed by atoms with Crippen molar-refractivity contribution in [1.29, 1.82) is 0 Å². The van der Waals surface area contributed by atoms with Crippen LogP contribution in [0.1, 0.15) is 55.1 Å². The van der Waals surface area contributed by atoms with Crippen LogP contribution in [-0.2, 0) is 6.54 Å². The monoisotopic (exact) mass is 513 g/mol. The van der Waals surface area contributed by atoms with E-state index in [1.54, 1.807) is 7.11 Å². The maximum atomic E-state index is 13.6.